The number of rotatable bonds is 5. The zero-order chi connectivity index (χ0) is 16.6. The topological polar surface area (TPSA) is 40.6 Å². The van der Waals surface area contributed by atoms with Crippen LogP contribution in [0.5, 0.6) is 0 Å². The van der Waals surface area contributed by atoms with E-state index < -0.39 is 0 Å². The van der Waals surface area contributed by atoms with Gasteiger partial charge in [0.2, 0.25) is 5.91 Å². The van der Waals surface area contributed by atoms with E-state index in [1.807, 2.05) is 18.7 Å². The Kier molecular flexibility index (Phi) is 4.82. The van der Waals surface area contributed by atoms with Crippen molar-refractivity contribution in [3.63, 3.8) is 0 Å². The van der Waals surface area contributed by atoms with Gasteiger partial charge in [0.05, 0.1) is 0 Å². The lowest BCUT2D eigenvalue weighted by atomic mass is 9.48. The Hall–Kier alpha value is -0.900. The van der Waals surface area contributed by atoms with Crippen molar-refractivity contribution in [1.29, 1.82) is 0 Å². The number of carbonyl (C=O) groups excluding carboxylic acids is 2. The first kappa shape index (κ1) is 16.9. The number of amides is 1. The van der Waals surface area contributed by atoms with Gasteiger partial charge in [0.1, 0.15) is 5.78 Å². The summed E-state index contributed by atoms with van der Waals surface area (Å²) in [6.45, 7) is 9.98. The Labute approximate surface area is 140 Å². The van der Waals surface area contributed by atoms with Gasteiger partial charge in [-0.05, 0) is 37.5 Å². The Balaban J connectivity index is 1.39. The second-order valence-electron chi connectivity index (χ2n) is 8.39. The van der Waals surface area contributed by atoms with Crippen molar-refractivity contribution in [2.24, 2.45) is 17.3 Å². The molecule has 0 unspecified atom stereocenters. The molecule has 1 heterocycles. The highest BCUT2D eigenvalue weighted by Gasteiger charge is 2.55. The molecule has 2 aliphatic carbocycles. The van der Waals surface area contributed by atoms with Gasteiger partial charge in [-0.15, -0.1) is 0 Å². The summed E-state index contributed by atoms with van der Waals surface area (Å²) in [7, 11) is 0. The quantitative estimate of drug-likeness (QED) is 0.782. The molecule has 3 fully saturated rings. The second kappa shape index (κ2) is 6.54. The predicted octanol–water partition coefficient (Wildman–Crippen LogP) is 2.71. The fraction of sp³-hybridized carbons (Fsp3) is 0.895. The third kappa shape index (κ3) is 3.33. The molecule has 1 amide bonds. The molecule has 0 radical (unpaired) electrons. The lowest BCUT2D eigenvalue weighted by Crippen LogP contribution is -2.61. The molecule has 1 saturated heterocycles. The normalized spacial score (nSPS) is 34.3. The van der Waals surface area contributed by atoms with E-state index in [9.17, 15) is 9.59 Å². The standard InChI is InChI=1S/C19H32N2O2/c1-4-5-17(22)21-8-6-20(7-9-21)16-12-19(13-16)10-15(11-19)18(23)14(2)3/h14-16H,4-13H2,1-3H3. The van der Waals surface area contributed by atoms with E-state index in [0.717, 1.165) is 45.4 Å². The summed E-state index contributed by atoms with van der Waals surface area (Å²) >= 11 is 0. The highest BCUT2D eigenvalue weighted by atomic mass is 16.2. The number of hydrogen-bond donors (Lipinski definition) is 0. The Bertz CT molecular complexity index is 452. The van der Waals surface area contributed by atoms with Crippen LogP contribution >= 0.6 is 0 Å². The maximum Gasteiger partial charge on any atom is 0.222 e. The zero-order valence-corrected chi connectivity index (χ0v) is 15.0. The van der Waals surface area contributed by atoms with Gasteiger partial charge in [0.15, 0.2) is 0 Å². The molecule has 3 aliphatic rings. The maximum absolute atomic E-state index is 12.0. The van der Waals surface area contributed by atoms with Crippen LogP contribution in [0.1, 0.15) is 59.3 Å². The van der Waals surface area contributed by atoms with Crippen LogP contribution in [0.15, 0.2) is 0 Å². The van der Waals surface area contributed by atoms with Gasteiger partial charge < -0.3 is 4.90 Å². The van der Waals surface area contributed by atoms with Crippen molar-refractivity contribution in [3.8, 4) is 0 Å². The molecule has 2 saturated carbocycles. The van der Waals surface area contributed by atoms with Gasteiger partial charge in [0.25, 0.3) is 0 Å². The molecule has 1 aliphatic heterocycles. The minimum atomic E-state index is 0.196. The first-order valence-corrected chi connectivity index (χ1v) is 9.49. The van der Waals surface area contributed by atoms with Gasteiger partial charge in [0, 0.05) is 50.5 Å². The first-order valence-electron chi connectivity index (χ1n) is 9.49. The van der Waals surface area contributed by atoms with Gasteiger partial charge in [-0.2, -0.15) is 0 Å². The smallest absolute Gasteiger partial charge is 0.222 e. The summed E-state index contributed by atoms with van der Waals surface area (Å²) < 4.78 is 0. The average molecular weight is 320 g/mol. The van der Waals surface area contributed by atoms with E-state index in [4.69, 9.17) is 0 Å². The molecule has 0 N–H and O–H groups in total. The SMILES string of the molecule is CCCC(=O)N1CCN(C2CC3(CC(C(=O)C(C)C)C3)C2)CC1. The third-order valence-corrected chi connectivity index (χ3v) is 6.31. The average Bonchev–Trinajstić information content (AvgIpc) is 2.45. The molecule has 3 rings (SSSR count). The second-order valence-corrected chi connectivity index (χ2v) is 8.39. The molecule has 130 valence electrons. The summed E-state index contributed by atoms with van der Waals surface area (Å²) in [5.41, 5.74) is 0.495. The number of nitrogens with zero attached hydrogens (tertiary/aromatic N) is 2. The largest absolute Gasteiger partial charge is 0.340 e. The van der Waals surface area contributed by atoms with Crippen LogP contribution in [-0.4, -0.2) is 53.7 Å². The summed E-state index contributed by atoms with van der Waals surface area (Å²) in [6, 6.07) is 0.702. The van der Waals surface area contributed by atoms with Crippen LogP contribution in [0, 0.1) is 17.3 Å². The monoisotopic (exact) mass is 320 g/mol. The summed E-state index contributed by atoms with van der Waals surface area (Å²) in [4.78, 5) is 28.6. The van der Waals surface area contributed by atoms with E-state index in [0.29, 0.717) is 35.5 Å². The zero-order valence-electron chi connectivity index (χ0n) is 15.0. The summed E-state index contributed by atoms with van der Waals surface area (Å²) in [6.07, 6.45) is 6.46. The number of piperazine rings is 1. The van der Waals surface area contributed by atoms with Gasteiger partial charge >= 0.3 is 0 Å². The van der Waals surface area contributed by atoms with Crippen LogP contribution in [0.25, 0.3) is 0 Å². The van der Waals surface area contributed by atoms with Gasteiger partial charge in [-0.25, -0.2) is 0 Å². The van der Waals surface area contributed by atoms with Crippen molar-refractivity contribution >= 4 is 11.7 Å². The van der Waals surface area contributed by atoms with Gasteiger partial charge in [-0.1, -0.05) is 20.8 Å². The Morgan fingerprint density at radius 1 is 1.04 bits per heavy atom. The maximum atomic E-state index is 12.0. The molecule has 0 atom stereocenters. The molecular formula is C19H32N2O2. The fourth-order valence-electron chi connectivity index (χ4n) is 4.90. The van der Waals surface area contributed by atoms with E-state index in [1.165, 1.54) is 12.8 Å². The molecule has 0 bridgehead atoms. The molecule has 0 aromatic rings. The number of ketones is 1. The van der Waals surface area contributed by atoms with Crippen molar-refractivity contribution in [2.75, 3.05) is 26.2 Å². The predicted molar refractivity (Wildman–Crippen MR) is 91.1 cm³/mol. The molecule has 0 aromatic heterocycles. The third-order valence-electron chi connectivity index (χ3n) is 6.31. The highest BCUT2D eigenvalue weighted by molar-refractivity contribution is 5.83. The number of carbonyl (C=O) groups is 2. The molecule has 4 heteroatoms. The summed E-state index contributed by atoms with van der Waals surface area (Å²) in [5, 5.41) is 0. The lowest BCUT2D eigenvalue weighted by molar-refractivity contribution is -0.146. The molecule has 0 aromatic carbocycles. The minimum Gasteiger partial charge on any atom is -0.340 e. The fourth-order valence-corrected chi connectivity index (χ4v) is 4.90. The lowest BCUT2D eigenvalue weighted by Gasteiger charge is -2.60. The van der Waals surface area contributed by atoms with Crippen LogP contribution in [0.3, 0.4) is 0 Å². The van der Waals surface area contributed by atoms with Crippen LogP contribution in [-0.2, 0) is 9.59 Å². The van der Waals surface area contributed by atoms with E-state index in [2.05, 4.69) is 11.8 Å². The van der Waals surface area contributed by atoms with Gasteiger partial charge in [-0.3, -0.25) is 14.5 Å². The van der Waals surface area contributed by atoms with Crippen molar-refractivity contribution < 1.29 is 9.59 Å². The van der Waals surface area contributed by atoms with Crippen LogP contribution in [0.2, 0.25) is 0 Å². The van der Waals surface area contributed by atoms with E-state index in [-0.39, 0.29) is 5.92 Å². The molecular weight excluding hydrogens is 288 g/mol. The van der Waals surface area contributed by atoms with Crippen molar-refractivity contribution in [2.45, 2.75) is 65.3 Å². The molecule has 4 nitrogen and oxygen atoms in total. The molecule has 1 spiro atoms. The number of hydrogen-bond acceptors (Lipinski definition) is 3. The summed E-state index contributed by atoms with van der Waals surface area (Å²) in [5.74, 6) is 1.34. The van der Waals surface area contributed by atoms with Crippen LogP contribution < -0.4 is 0 Å². The first-order chi connectivity index (χ1) is 10.9. The molecule has 23 heavy (non-hydrogen) atoms. The van der Waals surface area contributed by atoms with Crippen LogP contribution in [0.4, 0.5) is 0 Å². The highest BCUT2D eigenvalue weighted by Crippen LogP contribution is 2.60. The van der Waals surface area contributed by atoms with Crippen molar-refractivity contribution in [3.05, 3.63) is 0 Å². The van der Waals surface area contributed by atoms with Crippen molar-refractivity contribution in [1.82, 2.24) is 9.80 Å². The Morgan fingerprint density at radius 3 is 2.17 bits per heavy atom. The minimum absolute atomic E-state index is 0.196. The Morgan fingerprint density at radius 2 is 1.65 bits per heavy atom. The van der Waals surface area contributed by atoms with E-state index in [1.54, 1.807) is 0 Å². The number of Topliss-reactive ketones (excluding diaryl/α,β-unsaturated/α-hetero) is 1. The van der Waals surface area contributed by atoms with E-state index >= 15 is 0 Å².